The van der Waals surface area contributed by atoms with E-state index in [0.29, 0.717) is 0 Å². The maximum atomic E-state index is 11.7. The van der Waals surface area contributed by atoms with E-state index in [1.54, 1.807) is 0 Å². The smallest absolute Gasteiger partial charge is 0.242 e. The van der Waals surface area contributed by atoms with Gasteiger partial charge in [-0.05, 0) is 19.2 Å². The Bertz CT molecular complexity index is 525. The molecule has 0 saturated heterocycles. The van der Waals surface area contributed by atoms with Crippen molar-refractivity contribution < 1.29 is 16.8 Å². The van der Waals surface area contributed by atoms with E-state index in [4.69, 9.17) is 0 Å². The van der Waals surface area contributed by atoms with Gasteiger partial charge in [0.05, 0.1) is 5.75 Å². The molecule has 1 aromatic rings. The van der Waals surface area contributed by atoms with E-state index in [9.17, 15) is 16.8 Å². The van der Waals surface area contributed by atoms with E-state index in [0.717, 1.165) is 0 Å². The summed E-state index contributed by atoms with van der Waals surface area (Å²) >= 11 is 0. The molecule has 0 aromatic carbocycles. The van der Waals surface area contributed by atoms with Crippen LogP contribution in [0, 0.1) is 0 Å². The molecule has 0 bridgehead atoms. The topological polar surface area (TPSA) is 93.2 Å². The zero-order chi connectivity index (χ0) is 12.4. The SMILES string of the molecule is CCS(=O)(=O)c1cccnc1S(=O)(=O)NC. The Morgan fingerprint density at radius 3 is 2.44 bits per heavy atom. The molecule has 0 atom stereocenters. The number of sulfonamides is 1. The molecule has 0 unspecified atom stereocenters. The lowest BCUT2D eigenvalue weighted by molar-refractivity contribution is 0.572. The first-order chi connectivity index (χ1) is 7.35. The van der Waals surface area contributed by atoms with Crippen molar-refractivity contribution in [2.75, 3.05) is 12.8 Å². The summed E-state index contributed by atoms with van der Waals surface area (Å²) < 4.78 is 48.4. The lowest BCUT2D eigenvalue weighted by Crippen LogP contribution is -2.23. The molecule has 6 nitrogen and oxygen atoms in total. The minimum absolute atomic E-state index is 0.176. The Morgan fingerprint density at radius 2 is 1.94 bits per heavy atom. The lowest BCUT2D eigenvalue weighted by Gasteiger charge is -2.07. The van der Waals surface area contributed by atoms with Crippen LogP contribution < -0.4 is 4.72 Å². The Hall–Kier alpha value is -0.990. The average Bonchev–Trinajstić information content (AvgIpc) is 2.29. The number of rotatable bonds is 4. The Morgan fingerprint density at radius 1 is 1.31 bits per heavy atom. The Balaban J connectivity index is 3.57. The summed E-state index contributed by atoms with van der Waals surface area (Å²) in [6, 6.07) is 2.62. The van der Waals surface area contributed by atoms with Crippen LogP contribution >= 0.6 is 0 Å². The Labute approximate surface area is 94.7 Å². The highest BCUT2D eigenvalue weighted by Crippen LogP contribution is 2.18. The van der Waals surface area contributed by atoms with Crippen LogP contribution in [0.2, 0.25) is 0 Å². The second-order valence-corrected chi connectivity index (χ2v) is 6.97. The summed E-state index contributed by atoms with van der Waals surface area (Å²) in [6.45, 7) is 1.44. The minimum atomic E-state index is -3.86. The molecule has 0 spiro atoms. The second kappa shape index (κ2) is 4.48. The molecule has 0 aliphatic carbocycles. The minimum Gasteiger partial charge on any atom is -0.242 e. The van der Waals surface area contributed by atoms with E-state index < -0.39 is 24.9 Å². The van der Waals surface area contributed by atoms with Gasteiger partial charge in [0.2, 0.25) is 0 Å². The molecule has 0 aliphatic heterocycles. The number of hydrogen-bond acceptors (Lipinski definition) is 5. The van der Waals surface area contributed by atoms with Crippen molar-refractivity contribution in [3.05, 3.63) is 18.3 Å². The van der Waals surface area contributed by atoms with Crippen LogP contribution in [-0.2, 0) is 19.9 Å². The van der Waals surface area contributed by atoms with Crippen LogP contribution in [0.1, 0.15) is 6.92 Å². The molecular weight excluding hydrogens is 252 g/mol. The molecule has 1 N–H and O–H groups in total. The first kappa shape index (κ1) is 13.1. The summed E-state index contributed by atoms with van der Waals surface area (Å²) in [6.07, 6.45) is 1.24. The monoisotopic (exact) mass is 264 g/mol. The number of nitrogens with one attached hydrogen (secondary N) is 1. The molecule has 0 saturated carbocycles. The van der Waals surface area contributed by atoms with Crippen molar-refractivity contribution in [1.82, 2.24) is 9.71 Å². The normalized spacial score (nSPS) is 12.6. The predicted octanol–water partition coefficient (Wildman–Crippen LogP) is -0.217. The van der Waals surface area contributed by atoms with Crippen molar-refractivity contribution in [2.24, 2.45) is 0 Å². The van der Waals surface area contributed by atoms with Crippen LogP contribution in [0.15, 0.2) is 28.3 Å². The molecule has 0 aliphatic rings. The summed E-state index contributed by atoms with van der Waals surface area (Å²) in [5.41, 5.74) is 0. The van der Waals surface area contributed by atoms with Gasteiger partial charge in [-0.3, -0.25) is 0 Å². The fourth-order valence-corrected chi connectivity index (χ4v) is 3.42. The van der Waals surface area contributed by atoms with Gasteiger partial charge in [-0.2, -0.15) is 0 Å². The number of pyridine rings is 1. The molecule has 8 heteroatoms. The van der Waals surface area contributed by atoms with E-state index in [-0.39, 0.29) is 10.6 Å². The van der Waals surface area contributed by atoms with E-state index >= 15 is 0 Å². The second-order valence-electron chi connectivity index (χ2n) is 2.92. The third-order valence-electron chi connectivity index (χ3n) is 1.97. The van der Waals surface area contributed by atoms with Crippen LogP contribution in [0.5, 0.6) is 0 Å². The fourth-order valence-electron chi connectivity index (χ4n) is 1.07. The van der Waals surface area contributed by atoms with E-state index in [1.165, 1.54) is 32.3 Å². The highest BCUT2D eigenvalue weighted by Gasteiger charge is 2.25. The maximum absolute atomic E-state index is 11.7. The molecule has 90 valence electrons. The van der Waals surface area contributed by atoms with Gasteiger partial charge < -0.3 is 0 Å². The van der Waals surface area contributed by atoms with Crippen molar-refractivity contribution >= 4 is 19.9 Å². The standard InChI is InChI=1S/C8H12N2O4S2/c1-3-15(11,12)7-5-4-6-10-8(7)16(13,14)9-2/h4-6,9H,3H2,1-2H3. The molecule has 1 aromatic heterocycles. The Kier molecular flexibility index (Phi) is 3.66. The number of nitrogens with zero attached hydrogens (tertiary/aromatic N) is 1. The first-order valence-electron chi connectivity index (χ1n) is 4.46. The van der Waals surface area contributed by atoms with Gasteiger partial charge in [0.1, 0.15) is 4.90 Å². The van der Waals surface area contributed by atoms with Gasteiger partial charge in [-0.25, -0.2) is 26.5 Å². The summed E-state index contributed by atoms with van der Waals surface area (Å²) in [4.78, 5) is 3.33. The predicted molar refractivity (Wildman–Crippen MR) is 58.2 cm³/mol. The van der Waals surface area contributed by atoms with E-state index in [2.05, 4.69) is 4.98 Å². The third kappa shape index (κ3) is 2.39. The highest BCUT2D eigenvalue weighted by molar-refractivity contribution is 7.93. The summed E-state index contributed by atoms with van der Waals surface area (Å²) in [5, 5.41) is -0.459. The summed E-state index contributed by atoms with van der Waals surface area (Å²) in [7, 11) is -6.27. The van der Waals surface area contributed by atoms with Gasteiger partial charge in [0.15, 0.2) is 14.9 Å². The van der Waals surface area contributed by atoms with Crippen LogP contribution in [-0.4, -0.2) is 34.6 Å². The van der Waals surface area contributed by atoms with Gasteiger partial charge in [-0.1, -0.05) is 6.92 Å². The molecular formula is C8H12N2O4S2. The highest BCUT2D eigenvalue weighted by atomic mass is 32.2. The lowest BCUT2D eigenvalue weighted by atomic mass is 10.5. The number of sulfone groups is 1. The molecule has 0 amide bonds. The van der Waals surface area contributed by atoms with Crippen LogP contribution in [0.25, 0.3) is 0 Å². The van der Waals surface area contributed by atoms with Crippen molar-refractivity contribution in [1.29, 1.82) is 0 Å². The number of hydrogen-bond donors (Lipinski definition) is 1. The largest absolute Gasteiger partial charge is 0.259 e. The molecule has 0 radical (unpaired) electrons. The fraction of sp³-hybridized carbons (Fsp3) is 0.375. The van der Waals surface area contributed by atoms with Crippen LogP contribution in [0.3, 0.4) is 0 Å². The molecule has 0 fully saturated rings. The van der Waals surface area contributed by atoms with Gasteiger partial charge in [0.25, 0.3) is 10.0 Å². The van der Waals surface area contributed by atoms with Crippen molar-refractivity contribution in [3.8, 4) is 0 Å². The van der Waals surface area contributed by atoms with Crippen molar-refractivity contribution in [3.63, 3.8) is 0 Å². The van der Waals surface area contributed by atoms with Gasteiger partial charge >= 0.3 is 0 Å². The molecule has 16 heavy (non-hydrogen) atoms. The van der Waals surface area contributed by atoms with Gasteiger partial charge in [0, 0.05) is 6.20 Å². The average molecular weight is 264 g/mol. The number of aromatic nitrogens is 1. The molecule has 1 rings (SSSR count). The third-order valence-corrected chi connectivity index (χ3v) is 5.24. The maximum Gasteiger partial charge on any atom is 0.259 e. The zero-order valence-corrected chi connectivity index (χ0v) is 10.5. The van der Waals surface area contributed by atoms with Crippen molar-refractivity contribution in [2.45, 2.75) is 16.8 Å². The zero-order valence-electron chi connectivity index (χ0n) is 8.84. The van der Waals surface area contributed by atoms with Crippen LogP contribution in [0.4, 0.5) is 0 Å². The molecule has 1 heterocycles. The summed E-state index contributed by atoms with van der Waals surface area (Å²) in [5.74, 6) is -0.176. The van der Waals surface area contributed by atoms with Gasteiger partial charge in [-0.15, -0.1) is 0 Å². The van der Waals surface area contributed by atoms with E-state index in [1.807, 2.05) is 4.72 Å². The quantitative estimate of drug-likeness (QED) is 0.811. The first-order valence-corrected chi connectivity index (χ1v) is 7.60.